The van der Waals surface area contributed by atoms with Gasteiger partial charge in [0.05, 0.1) is 11.6 Å². The Morgan fingerprint density at radius 2 is 1.71 bits per heavy atom. The van der Waals surface area contributed by atoms with Crippen LogP contribution < -0.4 is 10.5 Å². The van der Waals surface area contributed by atoms with Gasteiger partial charge in [-0.1, -0.05) is 0 Å². The van der Waals surface area contributed by atoms with E-state index < -0.39 is 0 Å². The molecule has 2 aromatic heterocycles. The van der Waals surface area contributed by atoms with Crippen LogP contribution in [0.25, 0.3) is 0 Å². The highest BCUT2D eigenvalue weighted by Crippen LogP contribution is 2.33. The Kier molecular flexibility index (Phi) is 6.04. The highest BCUT2D eigenvalue weighted by molar-refractivity contribution is 5.47. The minimum absolute atomic E-state index is 0.0231. The molecule has 1 aliphatic rings. The molecule has 0 radical (unpaired) electrons. The van der Waals surface area contributed by atoms with Crippen LogP contribution in [-0.4, -0.2) is 45.7 Å². The van der Waals surface area contributed by atoms with E-state index in [4.69, 9.17) is 0 Å². The van der Waals surface area contributed by atoms with E-state index in [2.05, 4.69) is 14.8 Å². The normalized spacial score (nSPS) is 15.8. The van der Waals surface area contributed by atoms with E-state index in [1.54, 1.807) is 35.2 Å². The molecule has 1 aromatic carbocycles. The van der Waals surface area contributed by atoms with Gasteiger partial charge in [0.25, 0.3) is 5.56 Å². The number of halogens is 1. The van der Waals surface area contributed by atoms with Crippen molar-refractivity contribution in [3.63, 3.8) is 0 Å². The highest BCUT2D eigenvalue weighted by atomic mass is 19.1. The zero-order chi connectivity index (χ0) is 22.0. The molecule has 1 atom stereocenters. The molecule has 0 bridgehead atoms. The van der Waals surface area contributed by atoms with Gasteiger partial charge in [-0.3, -0.25) is 14.7 Å². The lowest BCUT2D eigenvalue weighted by atomic mass is 9.96. The molecule has 4 rings (SSSR count). The molecule has 1 aliphatic heterocycles. The third-order valence-electron chi connectivity index (χ3n) is 6.01. The second kappa shape index (κ2) is 8.89. The molecule has 31 heavy (non-hydrogen) atoms. The molecule has 3 heterocycles. The molecule has 0 aliphatic carbocycles. The van der Waals surface area contributed by atoms with Gasteiger partial charge in [0.2, 0.25) is 0 Å². The molecular formula is C24H27FN4O2. The van der Waals surface area contributed by atoms with Crippen molar-refractivity contribution < 1.29 is 9.50 Å². The van der Waals surface area contributed by atoms with Gasteiger partial charge in [-0.15, -0.1) is 0 Å². The number of rotatable bonds is 5. The number of hydrogen-bond acceptors (Lipinski definition) is 5. The summed E-state index contributed by atoms with van der Waals surface area (Å²) in [7, 11) is 0. The highest BCUT2D eigenvalue weighted by Gasteiger charge is 2.31. The second-order valence-electron chi connectivity index (χ2n) is 7.82. The summed E-state index contributed by atoms with van der Waals surface area (Å²) in [6.45, 7) is 7.17. The summed E-state index contributed by atoms with van der Waals surface area (Å²) in [6.07, 6.45) is 3.42. The third kappa shape index (κ3) is 4.18. The predicted octanol–water partition coefficient (Wildman–Crippen LogP) is 3.33. The van der Waals surface area contributed by atoms with Gasteiger partial charge in [-0.05, 0) is 61.9 Å². The van der Waals surface area contributed by atoms with Crippen LogP contribution in [0, 0.1) is 12.7 Å². The van der Waals surface area contributed by atoms with Gasteiger partial charge in [0.15, 0.2) is 0 Å². The van der Waals surface area contributed by atoms with Gasteiger partial charge >= 0.3 is 0 Å². The lowest BCUT2D eigenvalue weighted by Gasteiger charge is -2.40. The predicted molar refractivity (Wildman–Crippen MR) is 119 cm³/mol. The Hall–Kier alpha value is -3.19. The summed E-state index contributed by atoms with van der Waals surface area (Å²) >= 11 is 0. The number of anilines is 1. The molecular weight excluding hydrogens is 395 g/mol. The van der Waals surface area contributed by atoms with E-state index in [-0.39, 0.29) is 23.2 Å². The van der Waals surface area contributed by atoms with Gasteiger partial charge in [-0.25, -0.2) is 4.39 Å². The van der Waals surface area contributed by atoms with Crippen molar-refractivity contribution in [2.75, 3.05) is 31.1 Å². The fourth-order valence-corrected chi connectivity index (χ4v) is 4.41. The first kappa shape index (κ1) is 21.1. The van der Waals surface area contributed by atoms with E-state index in [0.717, 1.165) is 30.0 Å². The summed E-state index contributed by atoms with van der Waals surface area (Å²) in [5.41, 5.74) is 2.87. The number of aromatic hydroxyl groups is 1. The summed E-state index contributed by atoms with van der Waals surface area (Å²) in [6, 6.07) is 11.6. The van der Waals surface area contributed by atoms with Gasteiger partial charge in [0, 0.05) is 56.5 Å². The average Bonchev–Trinajstić information content (AvgIpc) is 2.78. The Morgan fingerprint density at radius 1 is 1.06 bits per heavy atom. The van der Waals surface area contributed by atoms with Crippen molar-refractivity contribution in [1.29, 1.82) is 0 Å². The first-order chi connectivity index (χ1) is 15.0. The lowest BCUT2D eigenvalue weighted by molar-refractivity contribution is 0.207. The number of piperazine rings is 1. The fourth-order valence-electron chi connectivity index (χ4n) is 4.41. The number of nitrogens with zero attached hydrogens (tertiary/aromatic N) is 4. The molecule has 0 spiro atoms. The van der Waals surface area contributed by atoms with Gasteiger partial charge in [0.1, 0.15) is 11.6 Å². The Bertz CT molecular complexity index is 1090. The minimum atomic E-state index is -0.371. The van der Waals surface area contributed by atoms with Crippen LogP contribution in [0.3, 0.4) is 0 Å². The number of aryl methyl sites for hydroxylation is 1. The summed E-state index contributed by atoms with van der Waals surface area (Å²) in [5.74, 6) is -0.225. The Labute approximate surface area is 181 Å². The number of pyridine rings is 2. The van der Waals surface area contributed by atoms with Crippen LogP contribution in [0.15, 0.2) is 59.7 Å². The largest absolute Gasteiger partial charge is 0.507 e. The van der Waals surface area contributed by atoms with Crippen LogP contribution in [-0.2, 0) is 6.54 Å². The van der Waals surface area contributed by atoms with E-state index >= 15 is 0 Å². The number of hydrogen-bond donors (Lipinski definition) is 1. The smallest absolute Gasteiger partial charge is 0.259 e. The molecule has 7 heteroatoms. The van der Waals surface area contributed by atoms with Crippen molar-refractivity contribution >= 4 is 5.69 Å². The quantitative estimate of drug-likeness (QED) is 0.684. The molecule has 3 aromatic rings. The molecule has 6 nitrogen and oxygen atoms in total. The van der Waals surface area contributed by atoms with E-state index in [1.807, 2.05) is 26.0 Å². The second-order valence-corrected chi connectivity index (χ2v) is 7.82. The maximum Gasteiger partial charge on any atom is 0.259 e. The zero-order valence-corrected chi connectivity index (χ0v) is 17.8. The zero-order valence-electron chi connectivity index (χ0n) is 17.8. The average molecular weight is 423 g/mol. The molecule has 0 unspecified atom stereocenters. The van der Waals surface area contributed by atoms with Crippen LogP contribution in [0.4, 0.5) is 10.1 Å². The third-order valence-corrected chi connectivity index (χ3v) is 6.01. The van der Waals surface area contributed by atoms with Crippen LogP contribution in [0.2, 0.25) is 0 Å². The van der Waals surface area contributed by atoms with E-state index in [9.17, 15) is 14.3 Å². The maximum absolute atomic E-state index is 13.3. The monoisotopic (exact) mass is 422 g/mol. The minimum Gasteiger partial charge on any atom is -0.507 e. The molecule has 0 amide bonds. The van der Waals surface area contributed by atoms with Crippen molar-refractivity contribution in [3.8, 4) is 5.75 Å². The first-order valence-electron chi connectivity index (χ1n) is 10.6. The SMILES string of the molecule is CCn1c(C)cc(O)c([C@H](c2ccncc2)N2CCN(c3ccc(F)cc3)CC2)c1=O. The maximum atomic E-state index is 13.3. The van der Waals surface area contributed by atoms with Crippen LogP contribution in [0.5, 0.6) is 5.75 Å². The molecule has 0 saturated carbocycles. The van der Waals surface area contributed by atoms with Crippen molar-refractivity contribution in [1.82, 2.24) is 14.5 Å². The molecule has 162 valence electrons. The molecule has 1 N–H and O–H groups in total. The van der Waals surface area contributed by atoms with E-state index in [1.165, 1.54) is 12.1 Å². The van der Waals surface area contributed by atoms with Crippen molar-refractivity contribution in [3.05, 3.63) is 87.9 Å². The van der Waals surface area contributed by atoms with Crippen LogP contribution in [0.1, 0.15) is 29.8 Å². The van der Waals surface area contributed by atoms with Crippen molar-refractivity contribution in [2.24, 2.45) is 0 Å². The Balaban J connectivity index is 1.69. The lowest BCUT2D eigenvalue weighted by Crippen LogP contribution is -2.49. The van der Waals surface area contributed by atoms with Gasteiger partial charge < -0.3 is 14.6 Å². The summed E-state index contributed by atoms with van der Waals surface area (Å²) in [4.78, 5) is 21.9. The van der Waals surface area contributed by atoms with E-state index in [0.29, 0.717) is 25.2 Å². The standard InChI is InChI=1S/C24H27FN4O2/c1-3-29-17(2)16-21(30)22(24(29)31)23(18-8-10-26-11-9-18)28-14-12-27(13-15-28)20-6-4-19(25)5-7-20/h4-11,16,23,30H,3,12-15H2,1-2H3/t23-/m0/s1. The van der Waals surface area contributed by atoms with Crippen LogP contribution >= 0.6 is 0 Å². The number of benzene rings is 1. The first-order valence-corrected chi connectivity index (χ1v) is 10.6. The number of aromatic nitrogens is 2. The van der Waals surface area contributed by atoms with Crippen molar-refractivity contribution in [2.45, 2.75) is 26.4 Å². The fraction of sp³-hybridized carbons (Fsp3) is 0.333. The Morgan fingerprint density at radius 3 is 2.32 bits per heavy atom. The van der Waals surface area contributed by atoms with Gasteiger partial charge in [-0.2, -0.15) is 0 Å². The summed E-state index contributed by atoms with van der Waals surface area (Å²) < 4.78 is 15.0. The molecule has 1 fully saturated rings. The molecule has 1 saturated heterocycles. The summed E-state index contributed by atoms with van der Waals surface area (Å²) in [5, 5.41) is 10.8. The topological polar surface area (TPSA) is 61.6 Å².